The van der Waals surface area contributed by atoms with Crippen molar-refractivity contribution in [3.05, 3.63) is 35.9 Å². The molecule has 2 saturated heterocycles. The van der Waals surface area contributed by atoms with Gasteiger partial charge in [0.1, 0.15) is 11.6 Å². The van der Waals surface area contributed by atoms with Crippen LogP contribution < -0.4 is 10.7 Å². The van der Waals surface area contributed by atoms with Gasteiger partial charge in [0.25, 0.3) is 0 Å². The predicted molar refractivity (Wildman–Crippen MR) is 128 cm³/mol. The molecule has 0 spiro atoms. The number of rotatable bonds is 8. The lowest BCUT2D eigenvalue weighted by Crippen LogP contribution is -2.62. The highest BCUT2D eigenvalue weighted by Crippen LogP contribution is 2.32. The van der Waals surface area contributed by atoms with Gasteiger partial charge in [-0.1, -0.05) is 62.4 Å². The third-order valence-electron chi connectivity index (χ3n) is 7.55. The molecule has 1 unspecified atom stereocenters. The Morgan fingerprint density at radius 2 is 1.88 bits per heavy atom. The Morgan fingerprint density at radius 3 is 2.55 bits per heavy atom. The van der Waals surface area contributed by atoms with Crippen LogP contribution in [0.1, 0.15) is 56.9 Å². The molecule has 1 atom stereocenters. The average Bonchev–Trinajstić information content (AvgIpc) is 2.89. The van der Waals surface area contributed by atoms with Gasteiger partial charge in [-0.15, -0.1) is 0 Å². The number of carbonyl (C=O) groups is 1. The number of benzene rings is 1. The lowest BCUT2D eigenvalue weighted by atomic mass is 9.83. The molecular weight excluding hydrogens is 414 g/mol. The average molecular weight is 454 g/mol. The molecule has 3 fully saturated rings. The van der Waals surface area contributed by atoms with E-state index in [-0.39, 0.29) is 11.9 Å². The fourth-order valence-electron chi connectivity index (χ4n) is 5.55. The van der Waals surface area contributed by atoms with E-state index in [1.165, 1.54) is 32.1 Å². The van der Waals surface area contributed by atoms with Crippen LogP contribution in [0.4, 0.5) is 0 Å². The van der Waals surface area contributed by atoms with Crippen LogP contribution in [0, 0.1) is 17.2 Å². The van der Waals surface area contributed by atoms with E-state index in [0.717, 1.165) is 38.2 Å². The second kappa shape index (κ2) is 11.9. The van der Waals surface area contributed by atoms with Crippen molar-refractivity contribution in [2.24, 2.45) is 5.92 Å². The molecule has 180 valence electrons. The highest BCUT2D eigenvalue weighted by Gasteiger charge is 2.43. The Kier molecular flexibility index (Phi) is 8.74. The third-order valence-corrected chi connectivity index (χ3v) is 7.55. The number of carbonyl (C=O) groups excluding carboxylic acids is 1. The lowest BCUT2D eigenvalue weighted by Gasteiger charge is -2.44. The zero-order valence-electron chi connectivity index (χ0n) is 19.8. The summed E-state index contributed by atoms with van der Waals surface area (Å²) >= 11 is 0. The number of ether oxygens (including phenoxy) is 1. The van der Waals surface area contributed by atoms with E-state index in [0.29, 0.717) is 38.5 Å². The summed E-state index contributed by atoms with van der Waals surface area (Å²) in [6.07, 6.45) is 8.36. The molecule has 2 aliphatic heterocycles. The van der Waals surface area contributed by atoms with Crippen molar-refractivity contribution in [3.63, 3.8) is 0 Å². The van der Waals surface area contributed by atoms with Gasteiger partial charge in [-0.05, 0) is 43.8 Å². The molecule has 1 aromatic rings. The van der Waals surface area contributed by atoms with Crippen LogP contribution in [0.25, 0.3) is 0 Å². The second-order valence-electron chi connectivity index (χ2n) is 9.82. The number of piperidine rings is 1. The van der Waals surface area contributed by atoms with E-state index < -0.39 is 5.54 Å². The molecule has 1 amide bonds. The molecular formula is C26H39N5O2. The Balaban J connectivity index is 1.60. The normalized spacial score (nSPS) is 22.9. The van der Waals surface area contributed by atoms with E-state index in [1.807, 2.05) is 23.1 Å². The molecule has 4 rings (SSSR count). The van der Waals surface area contributed by atoms with Crippen LogP contribution in [0.15, 0.2) is 30.3 Å². The van der Waals surface area contributed by atoms with Crippen molar-refractivity contribution in [2.75, 3.05) is 39.4 Å². The number of hydrazine groups is 1. The van der Waals surface area contributed by atoms with Gasteiger partial charge in [0.15, 0.2) is 0 Å². The van der Waals surface area contributed by atoms with Crippen molar-refractivity contribution in [1.82, 2.24) is 20.7 Å². The number of hydrogen-bond acceptors (Lipinski definition) is 6. The minimum Gasteiger partial charge on any atom is -0.379 e. The van der Waals surface area contributed by atoms with Gasteiger partial charge in [0.2, 0.25) is 5.91 Å². The minimum absolute atomic E-state index is 0.0689. The van der Waals surface area contributed by atoms with Gasteiger partial charge in [0.05, 0.1) is 19.3 Å². The summed E-state index contributed by atoms with van der Waals surface area (Å²) < 4.78 is 5.52. The number of amides is 1. The fourth-order valence-corrected chi connectivity index (χ4v) is 5.55. The number of nitrogens with zero attached hydrogens (tertiary/aromatic N) is 3. The first kappa shape index (κ1) is 24.2. The molecule has 0 bridgehead atoms. The van der Waals surface area contributed by atoms with Gasteiger partial charge < -0.3 is 15.0 Å². The van der Waals surface area contributed by atoms with Crippen LogP contribution in [0.3, 0.4) is 0 Å². The molecule has 7 nitrogen and oxygen atoms in total. The number of morpholine rings is 1. The van der Waals surface area contributed by atoms with Crippen molar-refractivity contribution in [3.8, 4) is 6.07 Å². The predicted octanol–water partition coefficient (Wildman–Crippen LogP) is 2.84. The Morgan fingerprint density at radius 1 is 1.18 bits per heavy atom. The van der Waals surface area contributed by atoms with Crippen molar-refractivity contribution in [1.29, 1.82) is 5.26 Å². The highest BCUT2D eigenvalue weighted by atomic mass is 16.5. The third kappa shape index (κ3) is 6.33. The minimum atomic E-state index is -0.768. The largest absolute Gasteiger partial charge is 0.379 e. The van der Waals surface area contributed by atoms with E-state index >= 15 is 0 Å². The summed E-state index contributed by atoms with van der Waals surface area (Å²) in [5.41, 5.74) is 3.89. The molecule has 0 aromatic heterocycles. The van der Waals surface area contributed by atoms with E-state index in [1.54, 1.807) is 0 Å². The lowest BCUT2D eigenvalue weighted by molar-refractivity contribution is -0.143. The molecule has 0 radical (unpaired) electrons. The maximum atomic E-state index is 14.3. The molecule has 1 aromatic carbocycles. The van der Waals surface area contributed by atoms with Gasteiger partial charge in [0, 0.05) is 19.6 Å². The number of nitrogens with one attached hydrogen (secondary N) is 2. The van der Waals surface area contributed by atoms with Crippen LogP contribution in [0.5, 0.6) is 0 Å². The van der Waals surface area contributed by atoms with E-state index in [4.69, 9.17) is 4.74 Å². The van der Waals surface area contributed by atoms with Crippen molar-refractivity contribution in [2.45, 2.75) is 69.5 Å². The van der Waals surface area contributed by atoms with Crippen LogP contribution in [0.2, 0.25) is 0 Å². The summed E-state index contributed by atoms with van der Waals surface area (Å²) in [6.45, 7) is 4.91. The molecule has 1 saturated carbocycles. The quantitative estimate of drug-likeness (QED) is 0.630. The zero-order chi connectivity index (χ0) is 22.9. The van der Waals surface area contributed by atoms with Crippen LogP contribution in [-0.4, -0.2) is 66.8 Å². The monoisotopic (exact) mass is 453 g/mol. The summed E-state index contributed by atoms with van der Waals surface area (Å²) in [5, 5.41) is 15.9. The van der Waals surface area contributed by atoms with Gasteiger partial charge in [-0.2, -0.15) is 5.26 Å². The topological polar surface area (TPSA) is 80.6 Å². The summed E-state index contributed by atoms with van der Waals surface area (Å²) in [5.74, 6) is 0.630. The first-order chi connectivity index (χ1) is 16.2. The van der Waals surface area contributed by atoms with Crippen molar-refractivity contribution >= 4 is 5.91 Å². The van der Waals surface area contributed by atoms with Crippen LogP contribution in [-0.2, 0) is 16.1 Å². The summed E-state index contributed by atoms with van der Waals surface area (Å²) in [6, 6.07) is 12.4. The molecule has 2 N–H and O–H groups in total. The van der Waals surface area contributed by atoms with Crippen molar-refractivity contribution < 1.29 is 9.53 Å². The van der Waals surface area contributed by atoms with E-state index in [2.05, 4.69) is 34.0 Å². The molecule has 1 aliphatic carbocycles. The van der Waals surface area contributed by atoms with Gasteiger partial charge >= 0.3 is 0 Å². The summed E-state index contributed by atoms with van der Waals surface area (Å²) in [4.78, 5) is 16.2. The summed E-state index contributed by atoms with van der Waals surface area (Å²) in [7, 11) is 0. The van der Waals surface area contributed by atoms with Crippen LogP contribution >= 0.6 is 0 Å². The van der Waals surface area contributed by atoms with Gasteiger partial charge in [-0.25, -0.2) is 10.4 Å². The fraction of sp³-hybridized carbons (Fsp3) is 0.692. The molecule has 3 aliphatic rings. The first-order valence-corrected chi connectivity index (χ1v) is 12.8. The molecule has 33 heavy (non-hydrogen) atoms. The maximum absolute atomic E-state index is 14.3. The maximum Gasteiger partial charge on any atom is 0.242 e. The van der Waals surface area contributed by atoms with Gasteiger partial charge in [-0.3, -0.25) is 4.79 Å². The Hall–Kier alpha value is -1.98. The number of nitriles is 1. The molecule has 2 heterocycles. The zero-order valence-corrected chi connectivity index (χ0v) is 19.8. The standard InChI is InChI=1S/C26H39N5O2/c27-21-26(11-13-28-14-12-26)31(20-23-9-5-2-6-10-23)25(32)24(19-22-7-3-1-4-8-22)29-30-15-17-33-18-16-30/h2,5-6,9-10,22,24,28-29H,1,3-4,7-8,11-20H2. The smallest absolute Gasteiger partial charge is 0.242 e. The van der Waals surface area contributed by atoms with E-state index in [9.17, 15) is 10.1 Å². The SMILES string of the molecule is N#CC1(N(Cc2ccccc2)C(=O)C(CC2CCCCC2)NN2CCOCC2)CCNCC1. The number of hydrogen-bond donors (Lipinski definition) is 2. The highest BCUT2D eigenvalue weighted by molar-refractivity contribution is 5.83. The second-order valence-corrected chi connectivity index (χ2v) is 9.82. The first-order valence-electron chi connectivity index (χ1n) is 12.8. The Bertz CT molecular complexity index is 758. The Labute approximate surface area is 198 Å². The molecule has 7 heteroatoms.